The molecule has 0 aliphatic heterocycles. The van der Waals surface area contributed by atoms with Crippen molar-refractivity contribution in [2.45, 2.75) is 52.6 Å². The van der Waals surface area contributed by atoms with Crippen molar-refractivity contribution in [2.24, 2.45) is 0 Å². The first-order valence-electron chi connectivity index (χ1n) is 7.03. The molecule has 5 nitrogen and oxygen atoms in total. The zero-order valence-electron chi connectivity index (χ0n) is 12.7. The molecule has 1 N–H and O–H groups in total. The summed E-state index contributed by atoms with van der Waals surface area (Å²) in [7, 11) is 0. The van der Waals surface area contributed by atoms with E-state index >= 15 is 0 Å². The van der Waals surface area contributed by atoms with Crippen LogP contribution in [0.5, 0.6) is 0 Å². The van der Waals surface area contributed by atoms with E-state index in [0.29, 0.717) is 6.54 Å². The molecule has 0 spiro atoms. The van der Waals surface area contributed by atoms with Gasteiger partial charge < -0.3 is 5.32 Å². The van der Waals surface area contributed by atoms with E-state index in [1.807, 2.05) is 4.68 Å². The number of thiazole rings is 1. The maximum absolute atomic E-state index is 4.68. The maximum Gasteiger partial charge on any atom is 0.164 e. The van der Waals surface area contributed by atoms with Crippen LogP contribution in [-0.4, -0.2) is 26.3 Å². The van der Waals surface area contributed by atoms with Gasteiger partial charge in [0.15, 0.2) is 5.82 Å². The molecule has 0 atom stereocenters. The van der Waals surface area contributed by atoms with Crippen molar-refractivity contribution in [3.63, 3.8) is 0 Å². The van der Waals surface area contributed by atoms with Gasteiger partial charge in [-0.3, -0.25) is 0 Å². The van der Waals surface area contributed by atoms with Crippen LogP contribution in [0.25, 0.3) is 0 Å². The van der Waals surface area contributed by atoms with Crippen LogP contribution in [0.2, 0.25) is 0 Å². The highest BCUT2D eigenvalue weighted by Gasteiger charge is 2.17. The standard InChI is InChI=1S/C14H23N5S/c1-5-6-15-7-12-16-10-19(18-12)8-13-17-11(9-20-13)14(2,3)4/h9-10,15H,5-8H2,1-4H3. The first kappa shape index (κ1) is 15.1. The Hall–Kier alpha value is -1.27. The molecular weight excluding hydrogens is 270 g/mol. The Morgan fingerprint density at radius 2 is 2.15 bits per heavy atom. The fourth-order valence-corrected chi connectivity index (χ4v) is 2.75. The van der Waals surface area contributed by atoms with Crippen LogP contribution in [-0.2, 0) is 18.5 Å². The molecule has 2 heterocycles. The van der Waals surface area contributed by atoms with Crippen LogP contribution in [0.15, 0.2) is 11.7 Å². The SMILES string of the molecule is CCCNCc1ncn(Cc2nc(C(C)(C)C)cs2)n1. The molecular formula is C14H23N5S. The summed E-state index contributed by atoms with van der Waals surface area (Å²) < 4.78 is 1.86. The van der Waals surface area contributed by atoms with E-state index in [2.05, 4.69) is 53.5 Å². The molecule has 6 heteroatoms. The van der Waals surface area contributed by atoms with Crippen molar-refractivity contribution in [1.29, 1.82) is 0 Å². The smallest absolute Gasteiger partial charge is 0.164 e. The highest BCUT2D eigenvalue weighted by Crippen LogP contribution is 2.24. The number of rotatable bonds is 6. The van der Waals surface area contributed by atoms with E-state index in [9.17, 15) is 0 Å². The van der Waals surface area contributed by atoms with Gasteiger partial charge in [-0.05, 0) is 13.0 Å². The monoisotopic (exact) mass is 293 g/mol. The van der Waals surface area contributed by atoms with Gasteiger partial charge in [0.2, 0.25) is 0 Å². The summed E-state index contributed by atoms with van der Waals surface area (Å²) in [6.07, 6.45) is 2.90. The maximum atomic E-state index is 4.68. The van der Waals surface area contributed by atoms with Crippen LogP contribution in [0.4, 0.5) is 0 Å². The van der Waals surface area contributed by atoms with Crippen LogP contribution in [0.3, 0.4) is 0 Å². The third kappa shape index (κ3) is 4.11. The summed E-state index contributed by atoms with van der Waals surface area (Å²) in [6.45, 7) is 11.1. The van der Waals surface area contributed by atoms with Gasteiger partial charge in [-0.2, -0.15) is 5.10 Å². The van der Waals surface area contributed by atoms with E-state index in [1.165, 1.54) is 0 Å². The largest absolute Gasteiger partial charge is 0.310 e. The first-order chi connectivity index (χ1) is 9.49. The molecule has 0 unspecified atom stereocenters. The highest BCUT2D eigenvalue weighted by molar-refractivity contribution is 7.09. The molecule has 2 rings (SSSR count). The van der Waals surface area contributed by atoms with Crippen molar-refractivity contribution in [3.05, 3.63) is 28.2 Å². The zero-order chi connectivity index (χ0) is 14.6. The second-order valence-corrected chi connectivity index (χ2v) is 6.85. The summed E-state index contributed by atoms with van der Waals surface area (Å²) in [5.74, 6) is 0.839. The Labute approximate surface area is 124 Å². The quantitative estimate of drug-likeness (QED) is 0.832. The molecule has 20 heavy (non-hydrogen) atoms. The zero-order valence-corrected chi connectivity index (χ0v) is 13.5. The van der Waals surface area contributed by atoms with Gasteiger partial charge in [0.05, 0.1) is 18.8 Å². The Morgan fingerprint density at radius 3 is 2.80 bits per heavy atom. The summed E-state index contributed by atoms with van der Waals surface area (Å²) in [6, 6.07) is 0. The predicted octanol–water partition coefficient (Wildman–Crippen LogP) is 2.58. The Kier molecular flexibility index (Phi) is 4.88. The van der Waals surface area contributed by atoms with Gasteiger partial charge >= 0.3 is 0 Å². The van der Waals surface area contributed by atoms with E-state index < -0.39 is 0 Å². The second kappa shape index (κ2) is 6.45. The minimum Gasteiger partial charge on any atom is -0.310 e. The molecule has 0 aliphatic carbocycles. The molecule has 0 saturated heterocycles. The lowest BCUT2D eigenvalue weighted by Gasteiger charge is -2.14. The molecule has 110 valence electrons. The van der Waals surface area contributed by atoms with E-state index in [-0.39, 0.29) is 5.41 Å². The van der Waals surface area contributed by atoms with Crippen molar-refractivity contribution >= 4 is 11.3 Å². The number of aromatic nitrogens is 4. The third-order valence-electron chi connectivity index (χ3n) is 2.91. The average Bonchev–Trinajstić information content (AvgIpc) is 2.99. The predicted molar refractivity (Wildman–Crippen MR) is 81.9 cm³/mol. The third-order valence-corrected chi connectivity index (χ3v) is 3.74. The van der Waals surface area contributed by atoms with Crippen LogP contribution >= 0.6 is 11.3 Å². The number of hydrogen-bond donors (Lipinski definition) is 1. The summed E-state index contributed by atoms with van der Waals surface area (Å²) in [4.78, 5) is 8.98. The molecule has 0 aliphatic rings. The lowest BCUT2D eigenvalue weighted by atomic mass is 9.93. The summed E-state index contributed by atoms with van der Waals surface area (Å²) >= 11 is 1.69. The Balaban J connectivity index is 1.95. The average molecular weight is 293 g/mol. The Morgan fingerprint density at radius 1 is 1.35 bits per heavy atom. The fourth-order valence-electron chi connectivity index (χ4n) is 1.73. The minimum absolute atomic E-state index is 0.104. The molecule has 0 radical (unpaired) electrons. The van der Waals surface area contributed by atoms with E-state index in [1.54, 1.807) is 17.7 Å². The normalized spacial score (nSPS) is 12.0. The van der Waals surface area contributed by atoms with Gasteiger partial charge in [-0.25, -0.2) is 14.6 Å². The van der Waals surface area contributed by atoms with E-state index in [0.717, 1.165) is 36.0 Å². The summed E-state index contributed by atoms with van der Waals surface area (Å²) in [5.41, 5.74) is 1.24. The molecule has 2 aromatic rings. The van der Waals surface area contributed by atoms with Crippen LogP contribution in [0.1, 0.15) is 50.6 Å². The van der Waals surface area contributed by atoms with Crippen LogP contribution < -0.4 is 5.32 Å². The van der Waals surface area contributed by atoms with Crippen molar-refractivity contribution in [1.82, 2.24) is 25.1 Å². The first-order valence-corrected chi connectivity index (χ1v) is 7.91. The second-order valence-electron chi connectivity index (χ2n) is 5.91. The minimum atomic E-state index is 0.104. The molecule has 0 bridgehead atoms. The fraction of sp³-hybridized carbons (Fsp3) is 0.643. The number of nitrogens with zero attached hydrogens (tertiary/aromatic N) is 4. The topological polar surface area (TPSA) is 55.6 Å². The van der Waals surface area contributed by atoms with Crippen molar-refractivity contribution in [3.8, 4) is 0 Å². The van der Waals surface area contributed by atoms with Gasteiger partial charge in [-0.15, -0.1) is 11.3 Å². The molecule has 0 amide bonds. The van der Waals surface area contributed by atoms with Crippen LogP contribution in [0, 0.1) is 0 Å². The molecule has 0 fully saturated rings. The highest BCUT2D eigenvalue weighted by atomic mass is 32.1. The molecule has 0 saturated carbocycles. The number of nitrogens with one attached hydrogen (secondary N) is 1. The Bertz CT molecular complexity index is 538. The van der Waals surface area contributed by atoms with Gasteiger partial charge in [-0.1, -0.05) is 27.7 Å². The van der Waals surface area contributed by atoms with Crippen molar-refractivity contribution in [2.75, 3.05) is 6.54 Å². The molecule has 2 aromatic heterocycles. The van der Waals surface area contributed by atoms with E-state index in [4.69, 9.17) is 0 Å². The lowest BCUT2D eigenvalue weighted by Crippen LogP contribution is -2.15. The van der Waals surface area contributed by atoms with Gasteiger partial charge in [0.25, 0.3) is 0 Å². The number of hydrogen-bond acceptors (Lipinski definition) is 5. The van der Waals surface area contributed by atoms with Gasteiger partial charge in [0, 0.05) is 10.8 Å². The molecule has 0 aromatic carbocycles. The van der Waals surface area contributed by atoms with Gasteiger partial charge in [0.1, 0.15) is 11.3 Å². The van der Waals surface area contributed by atoms with Crippen molar-refractivity contribution < 1.29 is 0 Å². The lowest BCUT2D eigenvalue weighted by molar-refractivity contribution is 0.567. The summed E-state index contributed by atoms with van der Waals surface area (Å²) in [5, 5.41) is 11.0.